The van der Waals surface area contributed by atoms with Gasteiger partial charge in [0.1, 0.15) is 23.3 Å². The highest BCUT2D eigenvalue weighted by atomic mass is 16.6. The van der Waals surface area contributed by atoms with Gasteiger partial charge in [-0.2, -0.15) is 10.5 Å². The van der Waals surface area contributed by atoms with E-state index in [0.717, 1.165) is 0 Å². The fourth-order valence-electron chi connectivity index (χ4n) is 0.801. The molecular formula is C11H10N2O3. The van der Waals surface area contributed by atoms with E-state index >= 15 is 0 Å². The van der Waals surface area contributed by atoms with Gasteiger partial charge < -0.3 is 4.74 Å². The number of carbonyl (C=O) groups excluding carboxylic acids is 2. The fourth-order valence-corrected chi connectivity index (χ4v) is 0.801. The van der Waals surface area contributed by atoms with Gasteiger partial charge in [0.05, 0.1) is 0 Å². The summed E-state index contributed by atoms with van der Waals surface area (Å²) in [5.41, 5.74) is -0.522. The molecule has 0 N–H and O–H groups in total. The largest absolute Gasteiger partial charge is 0.385 e. The molecule has 0 fully saturated rings. The highest BCUT2D eigenvalue weighted by Crippen LogP contribution is 2.03. The Morgan fingerprint density at radius 1 is 1.19 bits per heavy atom. The van der Waals surface area contributed by atoms with Crippen molar-refractivity contribution in [2.45, 2.75) is 20.3 Å². The fraction of sp³-hybridized carbons (Fsp3) is 0.273. The van der Waals surface area contributed by atoms with Gasteiger partial charge in [0.2, 0.25) is 0 Å². The van der Waals surface area contributed by atoms with Crippen LogP contribution in [0.3, 0.4) is 0 Å². The third-order valence-corrected chi connectivity index (χ3v) is 1.56. The first-order chi connectivity index (χ1) is 7.60. The van der Waals surface area contributed by atoms with Crippen LogP contribution in [-0.4, -0.2) is 11.9 Å². The zero-order valence-electron chi connectivity index (χ0n) is 8.98. The molecule has 0 unspecified atom stereocenters. The van der Waals surface area contributed by atoms with Crippen LogP contribution in [0, 0.1) is 22.7 Å². The maximum Gasteiger partial charge on any atom is 0.356 e. The molecule has 0 aromatic carbocycles. The van der Waals surface area contributed by atoms with E-state index < -0.39 is 11.9 Å². The van der Waals surface area contributed by atoms with Gasteiger partial charge in [0.25, 0.3) is 0 Å². The molecule has 0 saturated carbocycles. The van der Waals surface area contributed by atoms with Crippen molar-refractivity contribution in [3.05, 3.63) is 23.3 Å². The van der Waals surface area contributed by atoms with Crippen molar-refractivity contribution in [3.63, 3.8) is 0 Å². The van der Waals surface area contributed by atoms with E-state index in [1.807, 2.05) is 0 Å². The molecule has 5 nitrogen and oxygen atoms in total. The molecule has 0 aliphatic rings. The number of nitriles is 2. The summed E-state index contributed by atoms with van der Waals surface area (Å²) in [4.78, 5) is 22.4. The summed E-state index contributed by atoms with van der Waals surface area (Å²) in [5, 5.41) is 17.1. The van der Waals surface area contributed by atoms with E-state index in [1.54, 1.807) is 19.1 Å². The topological polar surface area (TPSA) is 90.9 Å². The highest BCUT2D eigenvalue weighted by molar-refractivity contribution is 6.05. The lowest BCUT2D eigenvalue weighted by atomic mass is 10.2. The number of carbonyl (C=O) groups is 2. The number of esters is 2. The summed E-state index contributed by atoms with van der Waals surface area (Å²) in [5.74, 6) is -2.09. The molecule has 0 amide bonds. The van der Waals surface area contributed by atoms with Crippen molar-refractivity contribution in [1.82, 2.24) is 0 Å². The molecule has 0 rings (SSSR count). The Morgan fingerprint density at radius 3 is 2.06 bits per heavy atom. The lowest BCUT2D eigenvalue weighted by molar-refractivity contribution is -0.153. The maximum absolute atomic E-state index is 11.2. The predicted molar refractivity (Wildman–Crippen MR) is 54.5 cm³/mol. The molecule has 0 atom stereocenters. The Balaban J connectivity index is 4.73. The van der Waals surface area contributed by atoms with Crippen molar-refractivity contribution in [2.75, 3.05) is 0 Å². The highest BCUT2D eigenvalue weighted by Gasteiger charge is 2.17. The molecule has 0 aromatic heterocycles. The van der Waals surface area contributed by atoms with E-state index in [1.165, 1.54) is 19.1 Å². The van der Waals surface area contributed by atoms with Crippen LogP contribution in [0.1, 0.15) is 20.3 Å². The van der Waals surface area contributed by atoms with Crippen molar-refractivity contribution in [1.29, 1.82) is 10.5 Å². The minimum Gasteiger partial charge on any atom is -0.385 e. The summed E-state index contributed by atoms with van der Waals surface area (Å²) in [6.45, 7) is 3.20. The van der Waals surface area contributed by atoms with Crippen LogP contribution in [0.2, 0.25) is 0 Å². The molecule has 5 heteroatoms. The monoisotopic (exact) mass is 218 g/mol. The molecule has 16 heavy (non-hydrogen) atoms. The second-order valence-corrected chi connectivity index (χ2v) is 2.63. The van der Waals surface area contributed by atoms with Crippen LogP contribution in [0.5, 0.6) is 0 Å². The van der Waals surface area contributed by atoms with Crippen LogP contribution < -0.4 is 0 Å². The molecular weight excluding hydrogens is 208 g/mol. The van der Waals surface area contributed by atoms with Gasteiger partial charge in [-0.3, -0.25) is 0 Å². The molecule has 0 aromatic rings. The number of allylic oxidation sites excluding steroid dienone is 2. The number of rotatable bonds is 3. The van der Waals surface area contributed by atoms with Gasteiger partial charge in [0, 0.05) is 0 Å². The van der Waals surface area contributed by atoms with E-state index in [2.05, 4.69) is 4.74 Å². The average molecular weight is 218 g/mol. The minimum atomic E-state index is -1.05. The zero-order valence-corrected chi connectivity index (χ0v) is 8.98. The van der Waals surface area contributed by atoms with Crippen molar-refractivity contribution in [2.24, 2.45) is 0 Å². The van der Waals surface area contributed by atoms with Crippen LogP contribution in [0.15, 0.2) is 23.3 Å². The molecule has 0 heterocycles. The second kappa shape index (κ2) is 6.97. The first-order valence-electron chi connectivity index (χ1n) is 4.53. The Bertz CT molecular complexity index is 433. The molecule has 0 aliphatic heterocycles. The second-order valence-electron chi connectivity index (χ2n) is 2.63. The van der Waals surface area contributed by atoms with Gasteiger partial charge >= 0.3 is 11.9 Å². The third-order valence-electron chi connectivity index (χ3n) is 1.56. The predicted octanol–water partition coefficient (Wildman–Crippen LogP) is 1.39. The lowest BCUT2D eigenvalue weighted by Crippen LogP contribution is -2.15. The molecule has 0 saturated heterocycles. The first-order valence-corrected chi connectivity index (χ1v) is 4.53. The molecule has 0 aliphatic carbocycles. The lowest BCUT2D eigenvalue weighted by Gasteiger charge is -1.99. The maximum atomic E-state index is 11.2. The zero-order chi connectivity index (χ0) is 12.6. The van der Waals surface area contributed by atoms with Gasteiger partial charge in [-0.15, -0.1) is 0 Å². The molecule has 0 spiro atoms. The summed E-state index contributed by atoms with van der Waals surface area (Å²) >= 11 is 0. The SMILES string of the molecule is CC=C(C#N)C(=O)OC(=O)C(C#N)=CCC. The summed E-state index contributed by atoms with van der Waals surface area (Å²) < 4.78 is 4.34. The normalized spacial score (nSPS) is 11.2. The van der Waals surface area contributed by atoms with Gasteiger partial charge in [-0.1, -0.05) is 19.1 Å². The third kappa shape index (κ3) is 3.77. The summed E-state index contributed by atoms with van der Waals surface area (Å²) in [6.07, 6.45) is 3.05. The molecule has 0 radical (unpaired) electrons. The van der Waals surface area contributed by atoms with Crippen LogP contribution in [0.25, 0.3) is 0 Å². The Morgan fingerprint density at radius 2 is 1.69 bits per heavy atom. The van der Waals surface area contributed by atoms with E-state index in [9.17, 15) is 9.59 Å². The Hall–Kier alpha value is -2.40. The number of hydrogen-bond acceptors (Lipinski definition) is 5. The molecule has 0 bridgehead atoms. The van der Waals surface area contributed by atoms with Crippen molar-refractivity contribution in [3.8, 4) is 12.1 Å². The first kappa shape index (κ1) is 13.6. The van der Waals surface area contributed by atoms with E-state index in [4.69, 9.17) is 10.5 Å². The number of nitrogens with zero attached hydrogens (tertiary/aromatic N) is 2. The van der Waals surface area contributed by atoms with Gasteiger partial charge in [-0.05, 0) is 13.3 Å². The van der Waals surface area contributed by atoms with E-state index in [0.29, 0.717) is 6.42 Å². The Kier molecular flexibility index (Phi) is 5.92. The van der Waals surface area contributed by atoms with Crippen LogP contribution in [-0.2, 0) is 14.3 Å². The minimum absolute atomic E-state index is 0.246. The number of ether oxygens (including phenoxy) is 1. The standard InChI is InChI=1S/C11H10N2O3/c1-3-5-9(7-13)11(15)16-10(14)8(4-2)6-12/h4-5H,3H2,1-2H3. The van der Waals surface area contributed by atoms with Gasteiger partial charge in [-0.25, -0.2) is 9.59 Å². The number of hydrogen-bond donors (Lipinski definition) is 0. The quantitative estimate of drug-likeness (QED) is 0.309. The van der Waals surface area contributed by atoms with Crippen molar-refractivity contribution >= 4 is 11.9 Å². The Labute approximate surface area is 93.2 Å². The summed E-state index contributed by atoms with van der Waals surface area (Å²) in [6, 6.07) is 3.19. The van der Waals surface area contributed by atoms with Gasteiger partial charge in [0.15, 0.2) is 0 Å². The smallest absolute Gasteiger partial charge is 0.356 e. The summed E-state index contributed by atoms with van der Waals surface area (Å²) in [7, 11) is 0. The molecule has 82 valence electrons. The average Bonchev–Trinajstić information content (AvgIpc) is 2.27. The van der Waals surface area contributed by atoms with Crippen LogP contribution in [0.4, 0.5) is 0 Å². The van der Waals surface area contributed by atoms with E-state index in [-0.39, 0.29) is 11.1 Å². The van der Waals surface area contributed by atoms with Crippen molar-refractivity contribution < 1.29 is 14.3 Å². The van der Waals surface area contributed by atoms with Crippen LogP contribution >= 0.6 is 0 Å².